The number of hydrogen-bond acceptors (Lipinski definition) is 3. The molecule has 1 aromatic heterocycles. The molecule has 0 saturated heterocycles. The first-order chi connectivity index (χ1) is 6.81. The third-order valence-electron chi connectivity index (χ3n) is 2.14. The quantitative estimate of drug-likeness (QED) is 0.721. The maximum Gasteiger partial charge on any atom is 0.120 e. The van der Waals surface area contributed by atoms with E-state index in [2.05, 4.69) is 11.1 Å². The summed E-state index contributed by atoms with van der Waals surface area (Å²) in [4.78, 5) is 14.8. The average molecular weight is 205 g/mol. The number of carbonyl (C=O) groups excluding carboxylic acids is 1. The Balaban J connectivity index is 2.47. The van der Waals surface area contributed by atoms with Crippen LogP contribution in [-0.4, -0.2) is 11.3 Å². The van der Waals surface area contributed by atoms with Gasteiger partial charge in [0.1, 0.15) is 6.29 Å². The first-order valence-electron chi connectivity index (χ1n) is 4.60. The summed E-state index contributed by atoms with van der Waals surface area (Å²) in [5.41, 5.74) is 2.25. The molecule has 0 saturated carbocycles. The fourth-order valence-corrected chi connectivity index (χ4v) is 2.41. The van der Waals surface area contributed by atoms with E-state index >= 15 is 0 Å². The Kier molecular flexibility index (Phi) is 2.59. The lowest BCUT2D eigenvalue weighted by molar-refractivity contribution is -0.107. The molecule has 3 heteroatoms. The van der Waals surface area contributed by atoms with E-state index in [1.165, 1.54) is 10.3 Å². The molecule has 0 amide bonds. The number of aldehydes is 1. The second-order valence-electron chi connectivity index (χ2n) is 3.20. The zero-order valence-electron chi connectivity index (χ0n) is 7.99. The van der Waals surface area contributed by atoms with Crippen LogP contribution in [0.1, 0.15) is 17.0 Å². The predicted molar refractivity (Wildman–Crippen MR) is 58.7 cm³/mol. The van der Waals surface area contributed by atoms with Gasteiger partial charge in [-0.25, -0.2) is 4.98 Å². The van der Waals surface area contributed by atoms with Crippen LogP contribution >= 0.6 is 11.3 Å². The number of nitrogens with zero attached hydrogens (tertiary/aromatic N) is 1. The van der Waals surface area contributed by atoms with E-state index in [-0.39, 0.29) is 0 Å². The Bertz CT molecular complexity index is 461. The van der Waals surface area contributed by atoms with E-state index < -0.39 is 0 Å². The van der Waals surface area contributed by atoms with Crippen LogP contribution in [0.15, 0.2) is 18.2 Å². The summed E-state index contributed by atoms with van der Waals surface area (Å²) in [5, 5.41) is 1.08. The molecule has 1 heterocycles. The van der Waals surface area contributed by atoms with E-state index in [9.17, 15) is 4.79 Å². The Morgan fingerprint density at radius 1 is 1.50 bits per heavy atom. The van der Waals surface area contributed by atoms with Crippen LogP contribution in [0, 0.1) is 6.92 Å². The van der Waals surface area contributed by atoms with Crippen molar-refractivity contribution >= 4 is 27.8 Å². The highest BCUT2D eigenvalue weighted by Crippen LogP contribution is 2.24. The molecular weight excluding hydrogens is 194 g/mol. The lowest BCUT2D eigenvalue weighted by atomic mass is 10.1. The number of benzene rings is 1. The van der Waals surface area contributed by atoms with Crippen molar-refractivity contribution in [1.82, 2.24) is 4.98 Å². The summed E-state index contributed by atoms with van der Waals surface area (Å²) in [7, 11) is 0. The molecule has 14 heavy (non-hydrogen) atoms. The molecule has 0 radical (unpaired) electrons. The molecule has 0 unspecified atom stereocenters. The summed E-state index contributed by atoms with van der Waals surface area (Å²) < 4.78 is 1.21. The topological polar surface area (TPSA) is 30.0 Å². The monoisotopic (exact) mass is 205 g/mol. The number of rotatable bonds is 3. The first-order valence-corrected chi connectivity index (χ1v) is 5.41. The van der Waals surface area contributed by atoms with Crippen molar-refractivity contribution in [3.05, 3.63) is 28.8 Å². The first kappa shape index (κ1) is 9.34. The summed E-state index contributed by atoms with van der Waals surface area (Å²) in [6.45, 7) is 2.01. The third kappa shape index (κ3) is 1.68. The van der Waals surface area contributed by atoms with Crippen molar-refractivity contribution < 1.29 is 4.79 Å². The highest BCUT2D eigenvalue weighted by Gasteiger charge is 2.04. The molecule has 2 nitrogen and oxygen atoms in total. The van der Waals surface area contributed by atoms with Crippen molar-refractivity contribution in [3.63, 3.8) is 0 Å². The normalized spacial score (nSPS) is 10.6. The van der Waals surface area contributed by atoms with Gasteiger partial charge in [-0.3, -0.25) is 0 Å². The van der Waals surface area contributed by atoms with Gasteiger partial charge in [-0.2, -0.15) is 0 Å². The van der Waals surface area contributed by atoms with Gasteiger partial charge >= 0.3 is 0 Å². The van der Waals surface area contributed by atoms with E-state index in [0.717, 1.165) is 23.2 Å². The Labute approximate surface area is 86.6 Å². The fraction of sp³-hybridized carbons (Fsp3) is 0.273. The van der Waals surface area contributed by atoms with Crippen LogP contribution in [0.25, 0.3) is 10.2 Å². The SMILES string of the molecule is Cc1nc2c(CCC=O)cccc2s1. The average Bonchev–Trinajstić information content (AvgIpc) is 2.55. The lowest BCUT2D eigenvalue weighted by Gasteiger charge is -1.97. The summed E-state index contributed by atoms with van der Waals surface area (Å²) in [6, 6.07) is 6.15. The van der Waals surface area contributed by atoms with Crippen molar-refractivity contribution in [3.8, 4) is 0 Å². The maximum absolute atomic E-state index is 10.3. The van der Waals surface area contributed by atoms with Crippen molar-refractivity contribution in [1.29, 1.82) is 0 Å². The zero-order valence-corrected chi connectivity index (χ0v) is 8.80. The lowest BCUT2D eigenvalue weighted by Crippen LogP contribution is -1.87. The van der Waals surface area contributed by atoms with Crippen LogP contribution in [0.5, 0.6) is 0 Å². The number of aryl methyl sites for hydroxylation is 2. The standard InChI is InChI=1S/C11H11NOS/c1-8-12-11-9(5-3-7-13)4-2-6-10(11)14-8/h2,4,6-7H,3,5H2,1H3. The van der Waals surface area contributed by atoms with Gasteiger partial charge in [0.2, 0.25) is 0 Å². The largest absolute Gasteiger partial charge is 0.303 e. The minimum Gasteiger partial charge on any atom is -0.303 e. The van der Waals surface area contributed by atoms with Gasteiger partial charge < -0.3 is 4.79 Å². The second kappa shape index (κ2) is 3.88. The fourth-order valence-electron chi connectivity index (χ4n) is 1.53. The second-order valence-corrected chi connectivity index (χ2v) is 4.44. The molecule has 0 N–H and O–H groups in total. The summed E-state index contributed by atoms with van der Waals surface area (Å²) >= 11 is 1.70. The van der Waals surface area contributed by atoms with Gasteiger partial charge in [-0.05, 0) is 25.0 Å². The van der Waals surface area contributed by atoms with Crippen LogP contribution in [-0.2, 0) is 11.2 Å². The molecular formula is C11H11NOS. The van der Waals surface area contributed by atoms with Gasteiger partial charge in [-0.15, -0.1) is 11.3 Å². The van der Waals surface area contributed by atoms with Gasteiger partial charge in [0, 0.05) is 6.42 Å². The van der Waals surface area contributed by atoms with Gasteiger partial charge in [0.05, 0.1) is 15.2 Å². The van der Waals surface area contributed by atoms with Crippen LogP contribution in [0.2, 0.25) is 0 Å². The third-order valence-corrected chi connectivity index (χ3v) is 3.08. The molecule has 0 aliphatic carbocycles. The number of aromatic nitrogens is 1. The van der Waals surface area contributed by atoms with Crippen molar-refractivity contribution in [2.24, 2.45) is 0 Å². The van der Waals surface area contributed by atoms with Crippen molar-refractivity contribution in [2.45, 2.75) is 19.8 Å². The number of carbonyl (C=O) groups is 1. The number of fused-ring (bicyclic) bond motifs is 1. The molecule has 72 valence electrons. The maximum atomic E-state index is 10.3. The van der Waals surface area contributed by atoms with Gasteiger partial charge in [0.15, 0.2) is 0 Å². The summed E-state index contributed by atoms with van der Waals surface area (Å²) in [6.07, 6.45) is 2.33. The van der Waals surface area contributed by atoms with Crippen LogP contribution < -0.4 is 0 Å². The number of para-hydroxylation sites is 1. The predicted octanol–water partition coefficient (Wildman–Crippen LogP) is 2.74. The highest BCUT2D eigenvalue weighted by atomic mass is 32.1. The number of hydrogen-bond donors (Lipinski definition) is 0. The van der Waals surface area contributed by atoms with Gasteiger partial charge in [-0.1, -0.05) is 12.1 Å². The van der Waals surface area contributed by atoms with Crippen LogP contribution in [0.4, 0.5) is 0 Å². The summed E-state index contributed by atoms with van der Waals surface area (Å²) in [5.74, 6) is 0. The Hall–Kier alpha value is -1.22. The highest BCUT2D eigenvalue weighted by molar-refractivity contribution is 7.18. The Morgan fingerprint density at radius 3 is 3.14 bits per heavy atom. The minimum absolute atomic E-state index is 0.579. The number of thiazole rings is 1. The van der Waals surface area contributed by atoms with E-state index in [1.54, 1.807) is 11.3 Å². The molecule has 2 rings (SSSR count). The molecule has 0 bridgehead atoms. The molecule has 2 aromatic rings. The van der Waals surface area contributed by atoms with Gasteiger partial charge in [0.25, 0.3) is 0 Å². The molecule has 0 fully saturated rings. The van der Waals surface area contributed by atoms with E-state index in [4.69, 9.17) is 0 Å². The molecule has 1 aromatic carbocycles. The van der Waals surface area contributed by atoms with E-state index in [0.29, 0.717) is 6.42 Å². The smallest absolute Gasteiger partial charge is 0.120 e. The molecule has 0 atom stereocenters. The molecule has 0 aliphatic rings. The molecule has 0 spiro atoms. The Morgan fingerprint density at radius 2 is 2.36 bits per heavy atom. The van der Waals surface area contributed by atoms with E-state index in [1.807, 2.05) is 19.1 Å². The van der Waals surface area contributed by atoms with Crippen LogP contribution in [0.3, 0.4) is 0 Å². The van der Waals surface area contributed by atoms with Crippen molar-refractivity contribution in [2.75, 3.05) is 0 Å². The minimum atomic E-state index is 0.579. The zero-order chi connectivity index (χ0) is 9.97. The molecule has 0 aliphatic heterocycles.